The van der Waals surface area contributed by atoms with E-state index in [1.807, 2.05) is 52.0 Å². The fourth-order valence-electron chi connectivity index (χ4n) is 5.51. The van der Waals surface area contributed by atoms with Gasteiger partial charge in [0.2, 0.25) is 15.9 Å². The van der Waals surface area contributed by atoms with Gasteiger partial charge in [0.05, 0.1) is 36.0 Å². The lowest BCUT2D eigenvalue weighted by molar-refractivity contribution is -0.129. The molecule has 10 nitrogen and oxygen atoms in total. The summed E-state index contributed by atoms with van der Waals surface area (Å²) in [4.78, 5) is 18.3. The van der Waals surface area contributed by atoms with Crippen LogP contribution in [0.1, 0.15) is 18.2 Å². The van der Waals surface area contributed by atoms with E-state index in [0.717, 1.165) is 47.5 Å². The van der Waals surface area contributed by atoms with Crippen molar-refractivity contribution in [2.24, 2.45) is 0 Å². The Kier molecular flexibility index (Phi) is 8.37. The molecule has 2 N–H and O–H groups in total. The number of anilines is 2. The molecule has 0 saturated carbocycles. The molecule has 1 amide bonds. The van der Waals surface area contributed by atoms with Crippen LogP contribution in [0.15, 0.2) is 48.5 Å². The van der Waals surface area contributed by atoms with Crippen molar-refractivity contribution in [2.45, 2.75) is 32.5 Å². The quantitative estimate of drug-likeness (QED) is 0.417. The molecule has 2 aromatic carbocycles. The number of para-hydroxylation sites is 2. The molecular formula is C28H35ClN6O4S. The fourth-order valence-corrected chi connectivity index (χ4v) is 6.21. The van der Waals surface area contributed by atoms with Gasteiger partial charge in [-0.25, -0.2) is 8.42 Å². The van der Waals surface area contributed by atoms with Gasteiger partial charge in [-0.1, -0.05) is 35.9 Å². The number of aliphatic hydroxyl groups excluding tert-OH is 1. The Hall–Kier alpha value is -3.12. The first kappa shape index (κ1) is 28.4. The molecular weight excluding hydrogens is 552 g/mol. The summed E-state index contributed by atoms with van der Waals surface area (Å²) in [6.07, 6.45) is 1.21. The molecule has 1 saturated heterocycles. The molecule has 40 heavy (non-hydrogen) atoms. The molecule has 1 fully saturated rings. The smallest absolute Gasteiger partial charge is 0.229 e. The van der Waals surface area contributed by atoms with Gasteiger partial charge >= 0.3 is 0 Å². The molecule has 5 rings (SSSR count). The predicted octanol–water partition coefficient (Wildman–Crippen LogP) is 2.66. The Bertz CT molecular complexity index is 1470. The molecule has 214 valence electrons. The van der Waals surface area contributed by atoms with Crippen molar-refractivity contribution in [1.82, 2.24) is 19.6 Å². The van der Waals surface area contributed by atoms with Crippen molar-refractivity contribution in [2.75, 3.05) is 55.1 Å². The van der Waals surface area contributed by atoms with Gasteiger partial charge in [-0.15, -0.1) is 0 Å². The molecule has 2 aliphatic rings. The van der Waals surface area contributed by atoms with Crippen molar-refractivity contribution in [3.05, 3.63) is 64.8 Å². The SMILES string of the molecule is CC(=O)N1CCc2c(c(-c3ccc(Cl)cc3)nn2CC(O)CN2CCN(c3ccccc3NS(C)(=O)=O)CC2)C1. The third kappa shape index (κ3) is 6.60. The van der Waals surface area contributed by atoms with Crippen molar-refractivity contribution in [1.29, 1.82) is 0 Å². The first-order chi connectivity index (χ1) is 19.1. The number of hydrogen-bond donors (Lipinski definition) is 2. The molecule has 0 radical (unpaired) electrons. The first-order valence-electron chi connectivity index (χ1n) is 13.4. The molecule has 0 spiro atoms. The van der Waals surface area contributed by atoms with Crippen LogP contribution in [0.3, 0.4) is 0 Å². The number of fused-ring (bicyclic) bond motifs is 1. The van der Waals surface area contributed by atoms with Crippen molar-refractivity contribution < 1.29 is 18.3 Å². The van der Waals surface area contributed by atoms with Crippen LogP contribution in [-0.4, -0.2) is 90.6 Å². The predicted molar refractivity (Wildman–Crippen MR) is 157 cm³/mol. The summed E-state index contributed by atoms with van der Waals surface area (Å²) in [5.41, 5.74) is 5.25. The lowest BCUT2D eigenvalue weighted by atomic mass is 10.0. The largest absolute Gasteiger partial charge is 0.390 e. The van der Waals surface area contributed by atoms with E-state index in [1.54, 1.807) is 13.0 Å². The van der Waals surface area contributed by atoms with E-state index < -0.39 is 16.1 Å². The molecule has 12 heteroatoms. The van der Waals surface area contributed by atoms with Gasteiger partial charge in [-0.05, 0) is 24.3 Å². The number of rotatable bonds is 8. The molecule has 0 aliphatic carbocycles. The lowest BCUT2D eigenvalue weighted by Gasteiger charge is -2.37. The summed E-state index contributed by atoms with van der Waals surface area (Å²) in [5.74, 6) is 0.0364. The third-order valence-electron chi connectivity index (χ3n) is 7.46. The minimum Gasteiger partial charge on any atom is -0.390 e. The summed E-state index contributed by atoms with van der Waals surface area (Å²) in [7, 11) is -3.38. The zero-order valence-electron chi connectivity index (χ0n) is 22.8. The number of amides is 1. The van der Waals surface area contributed by atoms with Crippen LogP contribution in [0, 0.1) is 0 Å². The van der Waals surface area contributed by atoms with E-state index >= 15 is 0 Å². The maximum absolute atomic E-state index is 12.1. The number of aliphatic hydroxyl groups is 1. The highest BCUT2D eigenvalue weighted by Gasteiger charge is 2.28. The number of β-amino-alcohol motifs (C(OH)–C–C–N with tert-alkyl or cyclic N) is 1. The van der Waals surface area contributed by atoms with Gasteiger partial charge in [-0.3, -0.25) is 19.1 Å². The average molecular weight is 587 g/mol. The molecule has 0 bridgehead atoms. The van der Waals surface area contributed by atoms with E-state index in [-0.39, 0.29) is 5.91 Å². The van der Waals surface area contributed by atoms with Crippen LogP contribution in [-0.2, 0) is 34.3 Å². The van der Waals surface area contributed by atoms with Gasteiger partial charge < -0.3 is 14.9 Å². The normalized spacial score (nSPS) is 17.0. The van der Waals surface area contributed by atoms with Crippen LogP contribution in [0.4, 0.5) is 11.4 Å². The summed E-state index contributed by atoms with van der Waals surface area (Å²) in [5, 5.41) is 16.6. The first-order valence-corrected chi connectivity index (χ1v) is 15.7. The van der Waals surface area contributed by atoms with E-state index in [1.165, 1.54) is 0 Å². The highest BCUT2D eigenvalue weighted by Crippen LogP contribution is 2.31. The van der Waals surface area contributed by atoms with Crippen LogP contribution in [0.25, 0.3) is 11.3 Å². The number of carbonyl (C=O) groups excluding carboxylic acids is 1. The van der Waals surface area contributed by atoms with E-state index in [0.29, 0.717) is 56.4 Å². The number of nitrogens with zero attached hydrogens (tertiary/aromatic N) is 5. The van der Waals surface area contributed by atoms with Gasteiger partial charge in [-0.2, -0.15) is 5.10 Å². The standard InChI is InChI=1S/C28H35ClN6O4S/c1-20(36)34-12-11-26-24(19-34)28(21-7-9-22(29)10-8-21)30-35(26)18-23(37)17-32-13-15-33(16-14-32)27-6-4-3-5-25(27)31-40(2,38)39/h3-10,23,31,37H,11-19H2,1-2H3. The number of carbonyl (C=O) groups is 1. The number of halogens is 1. The maximum Gasteiger partial charge on any atom is 0.229 e. The Balaban J connectivity index is 1.25. The third-order valence-corrected chi connectivity index (χ3v) is 8.30. The molecule has 2 aliphatic heterocycles. The van der Waals surface area contributed by atoms with E-state index in [2.05, 4.69) is 14.5 Å². The topological polar surface area (TPSA) is 111 Å². The fraction of sp³-hybridized carbons (Fsp3) is 0.429. The summed E-state index contributed by atoms with van der Waals surface area (Å²) >= 11 is 6.10. The summed E-state index contributed by atoms with van der Waals surface area (Å²) in [6.45, 7) is 6.48. The summed E-state index contributed by atoms with van der Waals surface area (Å²) in [6, 6.07) is 14.9. The van der Waals surface area contributed by atoms with Gasteiger partial charge in [0.15, 0.2) is 0 Å². The minimum atomic E-state index is -3.38. The number of benzene rings is 2. The number of hydrogen-bond acceptors (Lipinski definition) is 7. The lowest BCUT2D eigenvalue weighted by Crippen LogP contribution is -2.49. The minimum absolute atomic E-state index is 0.0364. The Morgan fingerprint density at radius 1 is 1.05 bits per heavy atom. The van der Waals surface area contributed by atoms with Crippen molar-refractivity contribution >= 4 is 38.9 Å². The van der Waals surface area contributed by atoms with Crippen LogP contribution in [0.2, 0.25) is 5.02 Å². The average Bonchev–Trinajstić information content (AvgIpc) is 3.26. The second-order valence-corrected chi connectivity index (χ2v) is 12.7. The second kappa shape index (κ2) is 11.8. The van der Waals surface area contributed by atoms with E-state index in [4.69, 9.17) is 16.7 Å². The van der Waals surface area contributed by atoms with Gasteiger partial charge in [0.1, 0.15) is 0 Å². The zero-order chi connectivity index (χ0) is 28.4. The van der Waals surface area contributed by atoms with Crippen molar-refractivity contribution in [3.63, 3.8) is 0 Å². The number of nitrogens with one attached hydrogen (secondary N) is 1. The molecule has 1 unspecified atom stereocenters. The van der Waals surface area contributed by atoms with Gasteiger partial charge in [0.25, 0.3) is 0 Å². The van der Waals surface area contributed by atoms with Crippen LogP contribution in [0.5, 0.6) is 0 Å². The summed E-state index contributed by atoms with van der Waals surface area (Å²) < 4.78 is 28.1. The van der Waals surface area contributed by atoms with Crippen LogP contribution < -0.4 is 9.62 Å². The Morgan fingerprint density at radius 3 is 2.42 bits per heavy atom. The zero-order valence-corrected chi connectivity index (χ0v) is 24.3. The highest BCUT2D eigenvalue weighted by atomic mass is 35.5. The number of sulfonamides is 1. The van der Waals surface area contributed by atoms with Gasteiger partial charge in [0, 0.05) is 81.0 Å². The van der Waals surface area contributed by atoms with Crippen molar-refractivity contribution in [3.8, 4) is 11.3 Å². The second-order valence-electron chi connectivity index (χ2n) is 10.5. The highest BCUT2D eigenvalue weighted by molar-refractivity contribution is 7.92. The number of aromatic nitrogens is 2. The molecule has 3 heterocycles. The molecule has 1 atom stereocenters. The molecule has 1 aromatic heterocycles. The molecule has 3 aromatic rings. The van der Waals surface area contributed by atoms with E-state index in [9.17, 15) is 18.3 Å². The van der Waals surface area contributed by atoms with Crippen LogP contribution >= 0.6 is 11.6 Å². The Labute approximate surface area is 240 Å². The maximum atomic E-state index is 12.1. The Morgan fingerprint density at radius 2 is 1.75 bits per heavy atom. The number of piperazine rings is 1. The monoisotopic (exact) mass is 586 g/mol.